The fourth-order valence-corrected chi connectivity index (χ4v) is 2.21. The Kier molecular flexibility index (Phi) is 4.57. The minimum atomic E-state index is 0.191. The van der Waals surface area contributed by atoms with Crippen LogP contribution in [0.3, 0.4) is 0 Å². The van der Waals surface area contributed by atoms with Crippen molar-refractivity contribution in [3.05, 3.63) is 17.8 Å². The first-order valence-corrected chi connectivity index (χ1v) is 6.59. The molecule has 4 nitrogen and oxygen atoms in total. The molecule has 1 aromatic rings. The van der Waals surface area contributed by atoms with Crippen molar-refractivity contribution in [2.24, 2.45) is 0 Å². The van der Waals surface area contributed by atoms with Crippen molar-refractivity contribution in [1.29, 1.82) is 0 Å². The van der Waals surface area contributed by atoms with Crippen molar-refractivity contribution < 1.29 is 9.15 Å². The molecule has 17 heavy (non-hydrogen) atoms. The zero-order valence-corrected chi connectivity index (χ0v) is 10.7. The van der Waals surface area contributed by atoms with Crippen LogP contribution in [-0.4, -0.2) is 24.2 Å². The molecule has 2 rings (SSSR count). The fourth-order valence-electron chi connectivity index (χ4n) is 2.21. The lowest BCUT2D eigenvalue weighted by Gasteiger charge is -2.08. The largest absolute Gasteiger partial charge is 0.444 e. The highest BCUT2D eigenvalue weighted by atomic mass is 16.5. The van der Waals surface area contributed by atoms with Crippen LogP contribution in [0.5, 0.6) is 0 Å². The molecule has 0 amide bonds. The monoisotopic (exact) mass is 238 g/mol. The molecular formula is C13H22N2O2. The van der Waals surface area contributed by atoms with Gasteiger partial charge in [-0.3, -0.25) is 0 Å². The lowest BCUT2D eigenvalue weighted by Crippen LogP contribution is -2.17. The SMILES string of the molecule is CCNC(C)c1ncc(CCC2CCCO2)o1. The summed E-state index contributed by atoms with van der Waals surface area (Å²) in [5, 5.41) is 3.29. The highest BCUT2D eigenvalue weighted by molar-refractivity contribution is 4.98. The van der Waals surface area contributed by atoms with Crippen LogP contribution in [0.1, 0.15) is 50.8 Å². The Balaban J connectivity index is 1.80. The lowest BCUT2D eigenvalue weighted by molar-refractivity contribution is 0.103. The second-order valence-corrected chi connectivity index (χ2v) is 4.62. The smallest absolute Gasteiger partial charge is 0.211 e. The minimum absolute atomic E-state index is 0.191. The Morgan fingerprint density at radius 1 is 1.59 bits per heavy atom. The van der Waals surface area contributed by atoms with E-state index in [1.165, 1.54) is 12.8 Å². The van der Waals surface area contributed by atoms with Crippen LogP contribution in [0.25, 0.3) is 0 Å². The summed E-state index contributed by atoms with van der Waals surface area (Å²) in [4.78, 5) is 4.31. The van der Waals surface area contributed by atoms with Gasteiger partial charge in [0.15, 0.2) is 0 Å². The number of hydrogen-bond donors (Lipinski definition) is 1. The van der Waals surface area contributed by atoms with E-state index in [-0.39, 0.29) is 6.04 Å². The molecule has 1 N–H and O–H groups in total. The molecule has 0 spiro atoms. The standard InChI is InChI=1S/C13H22N2O2/c1-3-14-10(2)13-15-9-12(17-13)7-6-11-5-4-8-16-11/h9-11,14H,3-8H2,1-2H3. The molecule has 2 atom stereocenters. The number of ether oxygens (including phenoxy) is 1. The van der Waals surface area contributed by atoms with E-state index in [0.29, 0.717) is 6.10 Å². The molecule has 0 saturated carbocycles. The van der Waals surface area contributed by atoms with Gasteiger partial charge in [-0.1, -0.05) is 6.92 Å². The van der Waals surface area contributed by atoms with Gasteiger partial charge in [0.05, 0.1) is 18.3 Å². The zero-order chi connectivity index (χ0) is 12.1. The summed E-state index contributed by atoms with van der Waals surface area (Å²) in [6, 6.07) is 0.191. The normalized spacial score (nSPS) is 21.9. The highest BCUT2D eigenvalue weighted by Crippen LogP contribution is 2.19. The first-order valence-electron chi connectivity index (χ1n) is 6.59. The molecule has 1 fully saturated rings. The summed E-state index contributed by atoms with van der Waals surface area (Å²) in [6.07, 6.45) is 6.63. The van der Waals surface area contributed by atoms with Gasteiger partial charge in [-0.15, -0.1) is 0 Å². The van der Waals surface area contributed by atoms with Gasteiger partial charge < -0.3 is 14.5 Å². The number of nitrogens with zero attached hydrogens (tertiary/aromatic N) is 1. The first-order chi connectivity index (χ1) is 8.29. The molecule has 96 valence electrons. The Hall–Kier alpha value is -0.870. The third-order valence-electron chi connectivity index (χ3n) is 3.19. The second kappa shape index (κ2) is 6.17. The fraction of sp³-hybridized carbons (Fsp3) is 0.769. The maximum absolute atomic E-state index is 5.73. The zero-order valence-electron chi connectivity index (χ0n) is 10.7. The van der Waals surface area contributed by atoms with Crippen LogP contribution in [0.2, 0.25) is 0 Å². The quantitative estimate of drug-likeness (QED) is 0.827. The molecule has 0 radical (unpaired) electrons. The Morgan fingerprint density at radius 2 is 2.47 bits per heavy atom. The maximum atomic E-state index is 5.73. The van der Waals surface area contributed by atoms with Gasteiger partial charge in [-0.05, 0) is 32.7 Å². The summed E-state index contributed by atoms with van der Waals surface area (Å²) in [5.41, 5.74) is 0. The lowest BCUT2D eigenvalue weighted by atomic mass is 10.1. The maximum Gasteiger partial charge on any atom is 0.211 e. The first kappa shape index (κ1) is 12.6. The van der Waals surface area contributed by atoms with Gasteiger partial charge in [-0.25, -0.2) is 4.98 Å². The van der Waals surface area contributed by atoms with Crippen LogP contribution in [0.15, 0.2) is 10.6 Å². The molecule has 1 aromatic heterocycles. The summed E-state index contributed by atoms with van der Waals surface area (Å²) in [5.74, 6) is 1.76. The number of aromatic nitrogens is 1. The summed E-state index contributed by atoms with van der Waals surface area (Å²) in [6.45, 7) is 6.00. The predicted molar refractivity (Wildman–Crippen MR) is 65.9 cm³/mol. The molecule has 0 aromatic carbocycles. The van der Waals surface area contributed by atoms with Gasteiger partial charge in [0.1, 0.15) is 5.76 Å². The van der Waals surface area contributed by atoms with Crippen LogP contribution in [-0.2, 0) is 11.2 Å². The number of aryl methyl sites for hydroxylation is 1. The van der Waals surface area contributed by atoms with Crippen LogP contribution >= 0.6 is 0 Å². The summed E-state index contributed by atoms with van der Waals surface area (Å²) < 4.78 is 11.3. The van der Waals surface area contributed by atoms with E-state index in [1.807, 2.05) is 6.20 Å². The van der Waals surface area contributed by atoms with Crippen molar-refractivity contribution in [2.75, 3.05) is 13.2 Å². The Morgan fingerprint density at radius 3 is 3.18 bits per heavy atom. The van der Waals surface area contributed by atoms with E-state index in [1.54, 1.807) is 0 Å². The van der Waals surface area contributed by atoms with Crippen molar-refractivity contribution in [2.45, 2.75) is 51.7 Å². The molecule has 1 aliphatic heterocycles. The Bertz CT molecular complexity index is 332. The molecule has 1 aliphatic rings. The van der Waals surface area contributed by atoms with E-state index in [0.717, 1.165) is 37.6 Å². The third kappa shape index (κ3) is 3.54. The van der Waals surface area contributed by atoms with Crippen LogP contribution in [0.4, 0.5) is 0 Å². The highest BCUT2D eigenvalue weighted by Gasteiger charge is 2.17. The average Bonchev–Trinajstić information content (AvgIpc) is 2.98. The number of hydrogen-bond acceptors (Lipinski definition) is 4. The van der Waals surface area contributed by atoms with Crippen molar-refractivity contribution >= 4 is 0 Å². The van der Waals surface area contributed by atoms with Gasteiger partial charge in [0.25, 0.3) is 0 Å². The van der Waals surface area contributed by atoms with Crippen LogP contribution in [0, 0.1) is 0 Å². The number of oxazole rings is 1. The van der Waals surface area contributed by atoms with Gasteiger partial charge >= 0.3 is 0 Å². The topological polar surface area (TPSA) is 47.3 Å². The molecule has 2 heterocycles. The average molecular weight is 238 g/mol. The Labute approximate surface area is 103 Å². The predicted octanol–water partition coefficient (Wildman–Crippen LogP) is 2.46. The molecule has 0 bridgehead atoms. The number of rotatable bonds is 6. The van der Waals surface area contributed by atoms with Gasteiger partial charge in [0, 0.05) is 13.0 Å². The van der Waals surface area contributed by atoms with Gasteiger partial charge in [-0.2, -0.15) is 0 Å². The molecule has 4 heteroatoms. The summed E-state index contributed by atoms with van der Waals surface area (Å²) >= 11 is 0. The van der Waals surface area contributed by atoms with E-state index >= 15 is 0 Å². The van der Waals surface area contributed by atoms with Crippen molar-refractivity contribution in [3.63, 3.8) is 0 Å². The van der Waals surface area contributed by atoms with Gasteiger partial charge in [0.2, 0.25) is 5.89 Å². The van der Waals surface area contributed by atoms with E-state index < -0.39 is 0 Å². The number of nitrogens with one attached hydrogen (secondary N) is 1. The molecule has 2 unspecified atom stereocenters. The minimum Gasteiger partial charge on any atom is -0.444 e. The molecule has 1 saturated heterocycles. The van der Waals surface area contributed by atoms with E-state index in [4.69, 9.17) is 9.15 Å². The molecular weight excluding hydrogens is 216 g/mol. The van der Waals surface area contributed by atoms with Crippen LogP contribution < -0.4 is 5.32 Å². The molecule has 0 aliphatic carbocycles. The van der Waals surface area contributed by atoms with Crippen molar-refractivity contribution in [1.82, 2.24) is 10.3 Å². The summed E-state index contributed by atoms with van der Waals surface area (Å²) in [7, 11) is 0. The third-order valence-corrected chi connectivity index (χ3v) is 3.19. The second-order valence-electron chi connectivity index (χ2n) is 4.62. The van der Waals surface area contributed by atoms with E-state index in [2.05, 4.69) is 24.1 Å². The van der Waals surface area contributed by atoms with Crippen molar-refractivity contribution in [3.8, 4) is 0 Å². The van der Waals surface area contributed by atoms with E-state index in [9.17, 15) is 0 Å².